The van der Waals surface area contributed by atoms with Crippen molar-refractivity contribution in [2.75, 3.05) is 19.8 Å². The molecule has 328 valence electrons. The minimum absolute atomic E-state index is 0.183. The average Bonchev–Trinajstić information content (AvgIpc) is 3.21. The molecule has 0 saturated carbocycles. The summed E-state index contributed by atoms with van der Waals surface area (Å²) in [6.45, 7) is 3.24. The zero-order valence-electron chi connectivity index (χ0n) is 35.6. The minimum Gasteiger partial charge on any atom is -0.458 e. The summed E-state index contributed by atoms with van der Waals surface area (Å²) in [5.41, 5.74) is 0. The maximum atomic E-state index is 12.7. The first-order valence-electron chi connectivity index (χ1n) is 22.4. The van der Waals surface area contributed by atoms with Crippen LogP contribution in [-0.2, 0) is 28.5 Å². The van der Waals surface area contributed by atoms with Crippen LogP contribution in [-0.4, -0.2) is 89.0 Å². The highest BCUT2D eigenvalue weighted by Gasteiger charge is 2.44. The molecule has 0 aliphatic carbocycles. The minimum atomic E-state index is -1.61. The Morgan fingerprint density at radius 2 is 1.11 bits per heavy atom. The molecular weight excluding hydrogens is 725 g/mol. The van der Waals surface area contributed by atoms with E-state index in [2.05, 4.69) is 50.3 Å². The predicted molar refractivity (Wildman–Crippen MR) is 228 cm³/mol. The smallest absolute Gasteiger partial charge is 0.330 e. The Balaban J connectivity index is 2.41. The van der Waals surface area contributed by atoms with E-state index in [4.69, 9.17) is 18.9 Å². The van der Waals surface area contributed by atoms with Gasteiger partial charge in [-0.2, -0.15) is 0 Å². The van der Waals surface area contributed by atoms with Gasteiger partial charge in [0, 0.05) is 12.5 Å². The Labute approximate surface area is 345 Å². The van der Waals surface area contributed by atoms with Gasteiger partial charge in [-0.3, -0.25) is 4.79 Å². The quantitative estimate of drug-likeness (QED) is 0.0159. The van der Waals surface area contributed by atoms with Crippen LogP contribution in [0.2, 0.25) is 0 Å². The Morgan fingerprint density at radius 3 is 1.70 bits per heavy atom. The lowest BCUT2D eigenvalue weighted by Gasteiger charge is -2.39. The van der Waals surface area contributed by atoms with Gasteiger partial charge in [0.15, 0.2) is 12.4 Å². The molecule has 10 nitrogen and oxygen atoms in total. The number of hydrogen-bond acceptors (Lipinski definition) is 10. The third-order valence-corrected chi connectivity index (χ3v) is 9.98. The van der Waals surface area contributed by atoms with Crippen LogP contribution in [0.1, 0.15) is 168 Å². The molecule has 4 N–H and O–H groups in total. The molecule has 2 unspecified atom stereocenters. The first-order chi connectivity index (χ1) is 27.8. The predicted octanol–water partition coefficient (Wildman–Crippen LogP) is 9.44. The normalized spacial score (nSPS) is 20.8. The van der Waals surface area contributed by atoms with Crippen molar-refractivity contribution >= 4 is 11.9 Å². The molecule has 1 saturated heterocycles. The summed E-state index contributed by atoms with van der Waals surface area (Å²) in [5.74, 6) is -1.09. The lowest BCUT2D eigenvalue weighted by Crippen LogP contribution is -2.59. The van der Waals surface area contributed by atoms with Crippen LogP contribution in [0.5, 0.6) is 0 Å². The monoisotopic (exact) mass is 805 g/mol. The largest absolute Gasteiger partial charge is 0.458 e. The van der Waals surface area contributed by atoms with Gasteiger partial charge >= 0.3 is 11.9 Å². The zero-order valence-corrected chi connectivity index (χ0v) is 35.6. The number of carbonyl (C=O) groups excluding carboxylic acids is 2. The highest BCUT2D eigenvalue weighted by atomic mass is 16.7. The van der Waals surface area contributed by atoms with Crippen LogP contribution < -0.4 is 0 Å². The van der Waals surface area contributed by atoms with Crippen molar-refractivity contribution < 1.29 is 49.0 Å². The molecule has 1 aliphatic heterocycles. The molecule has 0 aromatic carbocycles. The Hall–Kier alpha value is -2.60. The van der Waals surface area contributed by atoms with Gasteiger partial charge in [0.2, 0.25) is 0 Å². The van der Waals surface area contributed by atoms with Crippen LogP contribution in [0.3, 0.4) is 0 Å². The van der Waals surface area contributed by atoms with Crippen molar-refractivity contribution in [3.05, 3.63) is 60.8 Å². The van der Waals surface area contributed by atoms with Gasteiger partial charge in [0.25, 0.3) is 0 Å². The number of rotatable bonds is 36. The summed E-state index contributed by atoms with van der Waals surface area (Å²) in [4.78, 5) is 25.2. The first-order valence-corrected chi connectivity index (χ1v) is 22.4. The molecule has 0 spiro atoms. The first kappa shape index (κ1) is 52.4. The lowest BCUT2D eigenvalue weighted by atomic mass is 9.99. The number of ether oxygens (including phenoxy) is 4. The number of aliphatic hydroxyl groups is 4. The summed E-state index contributed by atoms with van der Waals surface area (Å²) in [5, 5.41) is 40.0. The average molecular weight is 805 g/mol. The van der Waals surface area contributed by atoms with E-state index in [9.17, 15) is 30.0 Å². The fourth-order valence-electron chi connectivity index (χ4n) is 6.40. The zero-order chi connectivity index (χ0) is 41.6. The highest BCUT2D eigenvalue weighted by molar-refractivity contribution is 5.82. The summed E-state index contributed by atoms with van der Waals surface area (Å²) >= 11 is 0. The van der Waals surface area contributed by atoms with Crippen molar-refractivity contribution in [1.82, 2.24) is 0 Å². The molecule has 0 aromatic heterocycles. The molecule has 10 heteroatoms. The second-order valence-electron chi connectivity index (χ2n) is 15.2. The standard InChI is InChI=1S/C47H80O10/c1-3-5-7-9-11-13-15-17-19-20-22-24-26-28-30-32-34-36-43(50)56-40(39-55-47-46(53)45(52)44(51)41(37-48)57-47)38-54-42(49)35-33-31-29-27-25-23-21-18-16-14-12-10-8-6-4-2/h11,13,17,19,22,24,29,31,33,35,40-41,44-48,51-53H,3-10,12,14-16,18,20-21,23,25-28,30,32,34,36-39H2,1-2H3/b13-11+,19-17+,24-22+,31-29+,35-33+/t40-,41-,44+,45?,46?,47-/m1/s1. The molecule has 1 fully saturated rings. The second-order valence-corrected chi connectivity index (χ2v) is 15.2. The second kappa shape index (κ2) is 37.7. The number of esters is 2. The van der Waals surface area contributed by atoms with E-state index in [0.717, 1.165) is 51.4 Å². The van der Waals surface area contributed by atoms with E-state index in [-0.39, 0.29) is 19.6 Å². The van der Waals surface area contributed by atoms with E-state index in [1.165, 1.54) is 96.0 Å². The van der Waals surface area contributed by atoms with Gasteiger partial charge in [0.1, 0.15) is 31.0 Å². The summed E-state index contributed by atoms with van der Waals surface area (Å²) in [6.07, 6.45) is 38.5. The third-order valence-electron chi connectivity index (χ3n) is 9.98. The molecule has 0 amide bonds. The van der Waals surface area contributed by atoms with Crippen molar-refractivity contribution in [2.24, 2.45) is 0 Å². The fraction of sp³-hybridized carbons (Fsp3) is 0.745. The van der Waals surface area contributed by atoms with Crippen LogP contribution in [0.25, 0.3) is 0 Å². The van der Waals surface area contributed by atoms with Crippen LogP contribution in [0, 0.1) is 0 Å². The molecule has 0 bridgehead atoms. The Bertz CT molecular complexity index is 1110. The van der Waals surface area contributed by atoms with Crippen LogP contribution in [0.15, 0.2) is 60.8 Å². The fourth-order valence-corrected chi connectivity index (χ4v) is 6.40. The summed E-state index contributed by atoms with van der Waals surface area (Å²) < 4.78 is 21.9. The van der Waals surface area contributed by atoms with E-state index in [1.54, 1.807) is 6.08 Å². The van der Waals surface area contributed by atoms with Gasteiger partial charge in [-0.25, -0.2) is 4.79 Å². The van der Waals surface area contributed by atoms with Crippen LogP contribution in [0.4, 0.5) is 0 Å². The molecular formula is C47H80O10. The number of allylic oxidation sites excluding steroid dienone is 9. The topological polar surface area (TPSA) is 152 Å². The summed E-state index contributed by atoms with van der Waals surface area (Å²) in [7, 11) is 0. The molecule has 6 atom stereocenters. The Morgan fingerprint density at radius 1 is 0.596 bits per heavy atom. The van der Waals surface area contributed by atoms with Crippen molar-refractivity contribution in [2.45, 2.75) is 205 Å². The number of carbonyl (C=O) groups is 2. The van der Waals surface area contributed by atoms with Gasteiger partial charge in [0.05, 0.1) is 13.2 Å². The number of aliphatic hydroxyl groups excluding tert-OH is 4. The summed E-state index contributed by atoms with van der Waals surface area (Å²) in [6, 6.07) is 0. The molecule has 1 rings (SSSR count). The molecule has 0 radical (unpaired) electrons. The van der Waals surface area contributed by atoms with Gasteiger partial charge in [-0.15, -0.1) is 0 Å². The molecule has 1 heterocycles. The van der Waals surface area contributed by atoms with E-state index in [0.29, 0.717) is 6.42 Å². The number of unbranched alkanes of at least 4 members (excludes halogenated alkanes) is 18. The van der Waals surface area contributed by atoms with Crippen LogP contribution >= 0.6 is 0 Å². The van der Waals surface area contributed by atoms with Crippen molar-refractivity contribution in [1.29, 1.82) is 0 Å². The van der Waals surface area contributed by atoms with Gasteiger partial charge in [-0.05, 0) is 57.8 Å². The molecule has 1 aliphatic rings. The lowest BCUT2D eigenvalue weighted by molar-refractivity contribution is -0.305. The van der Waals surface area contributed by atoms with Crippen molar-refractivity contribution in [3.63, 3.8) is 0 Å². The maximum Gasteiger partial charge on any atom is 0.330 e. The maximum absolute atomic E-state index is 12.7. The van der Waals surface area contributed by atoms with Gasteiger partial charge < -0.3 is 39.4 Å². The Kier molecular flexibility index (Phi) is 34.6. The van der Waals surface area contributed by atoms with E-state index in [1.807, 2.05) is 12.2 Å². The van der Waals surface area contributed by atoms with E-state index >= 15 is 0 Å². The SMILES string of the molecule is CCCCC/C=C/C/C=C/C/C=C/CCCCCCC(=O)O[C@H](COC(=O)/C=C/C=C/CCCCCCCCCCCCC)CO[C@@H]1O[C@H](CO)[C@H](O)C(O)C1O. The molecule has 0 aromatic rings. The van der Waals surface area contributed by atoms with E-state index < -0.39 is 55.4 Å². The van der Waals surface area contributed by atoms with Crippen molar-refractivity contribution in [3.8, 4) is 0 Å². The highest BCUT2D eigenvalue weighted by Crippen LogP contribution is 2.22. The molecule has 57 heavy (non-hydrogen) atoms. The third kappa shape index (κ3) is 29.3. The van der Waals surface area contributed by atoms with Gasteiger partial charge in [-0.1, -0.05) is 158 Å². The number of hydrogen-bond donors (Lipinski definition) is 4.